The summed E-state index contributed by atoms with van der Waals surface area (Å²) >= 11 is 0. The number of aryl methyl sites for hydroxylation is 1. The SMILES string of the molecule is CCN(Cc1ccc(C#N)cc1C)C1CCCCC1. The lowest BCUT2D eigenvalue weighted by Crippen LogP contribution is -2.36. The van der Waals surface area contributed by atoms with Crippen LogP contribution in [0.4, 0.5) is 0 Å². The summed E-state index contributed by atoms with van der Waals surface area (Å²) in [7, 11) is 0. The van der Waals surface area contributed by atoms with Crippen LogP contribution in [0.5, 0.6) is 0 Å². The molecule has 0 spiro atoms. The lowest BCUT2D eigenvalue weighted by atomic mass is 9.93. The monoisotopic (exact) mass is 256 g/mol. The number of hydrogen-bond acceptors (Lipinski definition) is 2. The summed E-state index contributed by atoms with van der Waals surface area (Å²) in [5.74, 6) is 0. The first-order chi connectivity index (χ1) is 9.24. The highest BCUT2D eigenvalue weighted by atomic mass is 15.1. The molecule has 1 fully saturated rings. The summed E-state index contributed by atoms with van der Waals surface area (Å²) in [6.07, 6.45) is 6.87. The largest absolute Gasteiger partial charge is 0.296 e. The van der Waals surface area contributed by atoms with E-state index in [4.69, 9.17) is 5.26 Å². The normalized spacial score (nSPS) is 16.5. The maximum atomic E-state index is 8.92. The van der Waals surface area contributed by atoms with Gasteiger partial charge in [-0.15, -0.1) is 0 Å². The summed E-state index contributed by atoms with van der Waals surface area (Å²) in [5.41, 5.74) is 3.38. The van der Waals surface area contributed by atoms with Crippen molar-refractivity contribution in [3.8, 4) is 6.07 Å². The Kier molecular flexibility index (Phi) is 4.99. The van der Waals surface area contributed by atoms with E-state index in [0.29, 0.717) is 0 Å². The second-order valence-corrected chi connectivity index (χ2v) is 5.61. The van der Waals surface area contributed by atoms with Crippen LogP contribution in [0.15, 0.2) is 18.2 Å². The maximum absolute atomic E-state index is 8.92. The fraction of sp³-hybridized carbons (Fsp3) is 0.588. The van der Waals surface area contributed by atoms with E-state index < -0.39 is 0 Å². The van der Waals surface area contributed by atoms with E-state index in [1.54, 1.807) is 0 Å². The van der Waals surface area contributed by atoms with Crippen LogP contribution in [0.3, 0.4) is 0 Å². The predicted octanol–water partition coefficient (Wildman–Crippen LogP) is 4.02. The Morgan fingerprint density at radius 2 is 2.00 bits per heavy atom. The van der Waals surface area contributed by atoms with Gasteiger partial charge in [0.05, 0.1) is 11.6 Å². The molecule has 2 heteroatoms. The molecule has 1 aromatic carbocycles. The molecule has 0 unspecified atom stereocenters. The van der Waals surface area contributed by atoms with Crippen LogP contribution >= 0.6 is 0 Å². The molecule has 19 heavy (non-hydrogen) atoms. The molecular formula is C17H24N2. The van der Waals surface area contributed by atoms with Crippen molar-refractivity contribution in [2.45, 2.75) is 58.5 Å². The van der Waals surface area contributed by atoms with Gasteiger partial charge in [-0.2, -0.15) is 5.26 Å². The van der Waals surface area contributed by atoms with Gasteiger partial charge in [0.2, 0.25) is 0 Å². The van der Waals surface area contributed by atoms with Crippen LogP contribution in [0, 0.1) is 18.3 Å². The first kappa shape index (κ1) is 14.1. The fourth-order valence-corrected chi connectivity index (χ4v) is 3.11. The standard InChI is InChI=1S/C17H24N2/c1-3-19(17-7-5-4-6-8-17)13-16-10-9-15(12-18)11-14(16)2/h9-11,17H,3-8,13H2,1-2H3. The van der Waals surface area contributed by atoms with Crippen molar-refractivity contribution >= 4 is 0 Å². The first-order valence-corrected chi connectivity index (χ1v) is 7.48. The van der Waals surface area contributed by atoms with Gasteiger partial charge in [0, 0.05) is 12.6 Å². The Morgan fingerprint density at radius 1 is 1.26 bits per heavy atom. The predicted molar refractivity (Wildman–Crippen MR) is 78.9 cm³/mol. The Morgan fingerprint density at radius 3 is 2.58 bits per heavy atom. The highest BCUT2D eigenvalue weighted by molar-refractivity contribution is 5.37. The minimum atomic E-state index is 0.758. The fourth-order valence-electron chi connectivity index (χ4n) is 3.11. The molecule has 1 saturated carbocycles. The minimum Gasteiger partial charge on any atom is -0.296 e. The average molecular weight is 256 g/mol. The molecule has 102 valence electrons. The second-order valence-electron chi connectivity index (χ2n) is 5.61. The number of hydrogen-bond donors (Lipinski definition) is 0. The quantitative estimate of drug-likeness (QED) is 0.813. The van der Waals surface area contributed by atoms with Crippen molar-refractivity contribution in [2.24, 2.45) is 0 Å². The van der Waals surface area contributed by atoms with Gasteiger partial charge in [0.1, 0.15) is 0 Å². The van der Waals surface area contributed by atoms with E-state index in [2.05, 4.69) is 30.9 Å². The van der Waals surface area contributed by atoms with E-state index in [9.17, 15) is 0 Å². The molecule has 0 saturated heterocycles. The lowest BCUT2D eigenvalue weighted by molar-refractivity contribution is 0.155. The third kappa shape index (κ3) is 3.58. The molecule has 0 amide bonds. The van der Waals surface area contributed by atoms with Gasteiger partial charge >= 0.3 is 0 Å². The van der Waals surface area contributed by atoms with Crippen molar-refractivity contribution in [1.29, 1.82) is 5.26 Å². The summed E-state index contributed by atoms with van der Waals surface area (Å²) in [5, 5.41) is 8.92. The summed E-state index contributed by atoms with van der Waals surface area (Å²) < 4.78 is 0. The maximum Gasteiger partial charge on any atom is 0.0991 e. The van der Waals surface area contributed by atoms with Gasteiger partial charge in [0.15, 0.2) is 0 Å². The van der Waals surface area contributed by atoms with Crippen LogP contribution in [0.25, 0.3) is 0 Å². The van der Waals surface area contributed by atoms with Crippen LogP contribution < -0.4 is 0 Å². The van der Waals surface area contributed by atoms with Gasteiger partial charge in [-0.1, -0.05) is 32.3 Å². The smallest absolute Gasteiger partial charge is 0.0991 e. The number of rotatable bonds is 4. The number of benzene rings is 1. The summed E-state index contributed by atoms with van der Waals surface area (Å²) in [4.78, 5) is 2.60. The van der Waals surface area contributed by atoms with Crippen molar-refractivity contribution in [1.82, 2.24) is 4.90 Å². The van der Waals surface area contributed by atoms with Crippen LogP contribution in [0.2, 0.25) is 0 Å². The van der Waals surface area contributed by atoms with E-state index in [1.807, 2.05) is 12.1 Å². The Bertz CT molecular complexity index is 453. The van der Waals surface area contributed by atoms with Crippen molar-refractivity contribution in [3.63, 3.8) is 0 Å². The molecule has 1 aliphatic carbocycles. The van der Waals surface area contributed by atoms with Crippen molar-refractivity contribution < 1.29 is 0 Å². The van der Waals surface area contributed by atoms with Gasteiger partial charge in [-0.3, -0.25) is 4.90 Å². The molecule has 2 nitrogen and oxygen atoms in total. The van der Waals surface area contributed by atoms with E-state index >= 15 is 0 Å². The number of nitrogens with zero attached hydrogens (tertiary/aromatic N) is 2. The third-order valence-corrected chi connectivity index (χ3v) is 4.34. The Hall–Kier alpha value is -1.33. The van der Waals surface area contributed by atoms with Crippen LogP contribution in [-0.2, 0) is 6.54 Å². The Balaban J connectivity index is 2.07. The Labute approximate surface area is 117 Å². The van der Waals surface area contributed by atoms with Crippen molar-refractivity contribution in [2.75, 3.05) is 6.54 Å². The highest BCUT2D eigenvalue weighted by Crippen LogP contribution is 2.24. The van der Waals surface area contributed by atoms with Gasteiger partial charge in [-0.25, -0.2) is 0 Å². The lowest BCUT2D eigenvalue weighted by Gasteiger charge is -2.34. The summed E-state index contributed by atoms with van der Waals surface area (Å²) in [6.45, 7) is 6.52. The number of nitriles is 1. The molecule has 2 rings (SSSR count). The van der Waals surface area contributed by atoms with Gasteiger partial charge < -0.3 is 0 Å². The molecule has 0 aliphatic heterocycles. The zero-order valence-corrected chi connectivity index (χ0v) is 12.2. The van der Waals surface area contributed by atoms with Gasteiger partial charge in [0.25, 0.3) is 0 Å². The molecule has 0 N–H and O–H groups in total. The molecule has 0 bridgehead atoms. The topological polar surface area (TPSA) is 27.0 Å². The molecular weight excluding hydrogens is 232 g/mol. The molecule has 0 atom stereocenters. The zero-order valence-electron chi connectivity index (χ0n) is 12.2. The molecule has 0 heterocycles. The summed E-state index contributed by atoms with van der Waals surface area (Å²) in [6, 6.07) is 9.04. The van der Waals surface area contributed by atoms with E-state index in [1.165, 1.54) is 43.2 Å². The molecule has 0 radical (unpaired) electrons. The second kappa shape index (κ2) is 6.73. The third-order valence-electron chi connectivity index (χ3n) is 4.34. The highest BCUT2D eigenvalue weighted by Gasteiger charge is 2.20. The van der Waals surface area contributed by atoms with Crippen LogP contribution in [0.1, 0.15) is 55.7 Å². The molecule has 0 aromatic heterocycles. The van der Waals surface area contributed by atoms with Crippen LogP contribution in [-0.4, -0.2) is 17.5 Å². The molecule has 1 aromatic rings. The van der Waals surface area contributed by atoms with E-state index in [-0.39, 0.29) is 0 Å². The van der Waals surface area contributed by atoms with Crippen molar-refractivity contribution in [3.05, 3.63) is 34.9 Å². The first-order valence-electron chi connectivity index (χ1n) is 7.48. The van der Waals surface area contributed by atoms with E-state index in [0.717, 1.165) is 24.7 Å². The minimum absolute atomic E-state index is 0.758. The average Bonchev–Trinajstić information content (AvgIpc) is 2.47. The zero-order chi connectivity index (χ0) is 13.7. The van der Waals surface area contributed by atoms with Gasteiger partial charge in [-0.05, 0) is 49.6 Å². The molecule has 1 aliphatic rings.